The highest BCUT2D eigenvalue weighted by Crippen LogP contribution is 2.50. The molecule has 8 aromatic rings. The summed E-state index contributed by atoms with van der Waals surface area (Å²) in [6, 6.07) is 61.7. The van der Waals surface area contributed by atoms with Crippen LogP contribution in [0.1, 0.15) is 56.7 Å². The maximum Gasteiger partial charge on any atom is 0.255 e. The maximum atomic E-state index is 15.3. The summed E-state index contributed by atoms with van der Waals surface area (Å²) in [5.41, 5.74) is 4.35. The van der Waals surface area contributed by atoms with Crippen LogP contribution in [0, 0.1) is 0 Å². The predicted octanol–water partition coefficient (Wildman–Crippen LogP) is 11.3. The second kappa shape index (κ2) is 21.3. The number of fused-ring (bicyclic) bond motifs is 6. The fraction of sp³-hybridized carbons (Fsp3) is 0.188. The van der Waals surface area contributed by atoms with Gasteiger partial charge in [-0.1, -0.05) is 163 Å². The monoisotopic (exact) mass is 1140 g/mol. The fourth-order valence-electron chi connectivity index (χ4n) is 11.4. The number of carbonyl (C=O) groups is 2. The lowest BCUT2D eigenvalue weighted by molar-refractivity contribution is -0.140. The van der Waals surface area contributed by atoms with E-state index in [2.05, 4.69) is 0 Å². The Kier molecular flexibility index (Phi) is 14.1. The minimum absolute atomic E-state index is 0.0913. The summed E-state index contributed by atoms with van der Waals surface area (Å²) in [5.74, 6) is -0.840. The van der Waals surface area contributed by atoms with Crippen molar-refractivity contribution in [1.29, 1.82) is 0 Å². The number of nitrogens with zero attached hydrogens (tertiary/aromatic N) is 4. The van der Waals surface area contributed by atoms with Gasteiger partial charge in [-0.3, -0.25) is 9.59 Å². The van der Waals surface area contributed by atoms with Crippen molar-refractivity contribution >= 4 is 66.5 Å². The molecule has 4 aliphatic rings. The molecule has 16 heteroatoms. The summed E-state index contributed by atoms with van der Waals surface area (Å²) in [7, 11) is -7.69. The first-order chi connectivity index (χ1) is 38.7. The molecule has 4 heterocycles. The van der Waals surface area contributed by atoms with Gasteiger partial charge in [0.2, 0.25) is 11.8 Å². The Hall–Kier alpha value is -7.88. The third-order valence-corrected chi connectivity index (χ3v) is 19.4. The topological polar surface area (TPSA) is 152 Å². The first-order valence-electron chi connectivity index (χ1n) is 26.2. The van der Waals surface area contributed by atoms with Crippen LogP contribution in [0.15, 0.2) is 226 Å². The number of hydrogen-bond acceptors (Lipinski definition) is 10. The van der Waals surface area contributed by atoms with Crippen LogP contribution in [0.5, 0.6) is 0 Å². The van der Waals surface area contributed by atoms with Crippen LogP contribution in [-0.2, 0) is 64.7 Å². The molecule has 4 aliphatic heterocycles. The molecule has 0 saturated heterocycles. The minimum atomic E-state index is -3.93. The van der Waals surface area contributed by atoms with Crippen molar-refractivity contribution < 1.29 is 35.9 Å². The van der Waals surface area contributed by atoms with Crippen LogP contribution in [0.3, 0.4) is 0 Å². The van der Waals surface area contributed by atoms with E-state index in [1.807, 2.05) is 133 Å². The average Bonchev–Trinajstić information content (AvgIpc) is 4.10. The van der Waals surface area contributed by atoms with Crippen molar-refractivity contribution in [1.82, 2.24) is 9.80 Å². The van der Waals surface area contributed by atoms with Gasteiger partial charge < -0.3 is 19.3 Å². The Balaban J connectivity index is 0.808. The van der Waals surface area contributed by atoms with E-state index in [4.69, 9.17) is 42.7 Å². The van der Waals surface area contributed by atoms with Gasteiger partial charge >= 0.3 is 0 Å². The largest absolute Gasteiger partial charge is 0.466 e. The molecular formula is C64H52Cl2N4O8S2. The summed E-state index contributed by atoms with van der Waals surface area (Å²) in [4.78, 5) is 44.3. The lowest BCUT2D eigenvalue weighted by Gasteiger charge is -2.32. The smallest absolute Gasteiger partial charge is 0.255 e. The van der Waals surface area contributed by atoms with Crippen LogP contribution in [0.2, 0.25) is 10.0 Å². The summed E-state index contributed by atoms with van der Waals surface area (Å²) < 4.78 is 69.3. The molecule has 0 fully saturated rings. The van der Waals surface area contributed by atoms with E-state index in [0.29, 0.717) is 32.6 Å². The Morgan fingerprint density at radius 3 is 1.49 bits per heavy atom. The number of sulfone groups is 2. The SMILES string of the molecule is O=C1N(CCS(=O)(=O)c2ccc(-c3ccc(C4=N[C@]5(Cc6ccccc6)C(=O)N(CCS(=O)(=O)c6ccccc6)Cc6cccc(Cl)c6[C@@H]5O4)cc3)cc2)Cc2ccc(Cl)cc2[C@@H]2OC(c3ccccc3)=N[C@]12Cc1ccccc1. The number of rotatable bonds is 15. The van der Waals surface area contributed by atoms with Crippen molar-refractivity contribution in [3.63, 3.8) is 0 Å². The molecule has 0 aliphatic carbocycles. The van der Waals surface area contributed by atoms with Crippen LogP contribution >= 0.6 is 23.2 Å². The zero-order valence-electron chi connectivity index (χ0n) is 43.1. The van der Waals surface area contributed by atoms with Crippen molar-refractivity contribution in [2.75, 3.05) is 24.6 Å². The fourth-order valence-corrected chi connectivity index (χ4v) is 14.4. The van der Waals surface area contributed by atoms with Crippen molar-refractivity contribution in [3.05, 3.63) is 261 Å². The lowest BCUT2D eigenvalue weighted by Crippen LogP contribution is -2.50. The molecular weight excluding hydrogens is 1090 g/mol. The molecule has 0 bridgehead atoms. The predicted molar refractivity (Wildman–Crippen MR) is 309 cm³/mol. The molecule has 80 heavy (non-hydrogen) atoms. The third-order valence-electron chi connectivity index (χ3n) is 15.5. The van der Waals surface area contributed by atoms with Crippen LogP contribution in [0.25, 0.3) is 11.1 Å². The second-order valence-corrected chi connectivity index (χ2v) is 25.6. The van der Waals surface area contributed by atoms with Crippen molar-refractivity contribution in [2.45, 2.75) is 59.0 Å². The number of carbonyl (C=O) groups excluding carboxylic acids is 2. The highest BCUT2D eigenvalue weighted by Gasteiger charge is 2.59. The third kappa shape index (κ3) is 9.99. The number of benzene rings is 8. The highest BCUT2D eigenvalue weighted by molar-refractivity contribution is 7.91. The lowest BCUT2D eigenvalue weighted by atomic mass is 9.81. The summed E-state index contributed by atoms with van der Waals surface area (Å²) in [6.45, 7) is 0.0386. The number of amides is 2. The number of hydrogen-bond donors (Lipinski definition) is 0. The van der Waals surface area contributed by atoms with E-state index in [0.717, 1.165) is 38.9 Å². The molecule has 0 spiro atoms. The number of halogens is 2. The van der Waals surface area contributed by atoms with E-state index in [1.54, 1.807) is 82.6 Å². The van der Waals surface area contributed by atoms with E-state index >= 15 is 9.59 Å². The average molecular weight is 1140 g/mol. The van der Waals surface area contributed by atoms with Crippen molar-refractivity contribution in [3.8, 4) is 11.1 Å². The van der Waals surface area contributed by atoms with Gasteiger partial charge in [0, 0.05) is 71.3 Å². The Bertz CT molecular complexity index is 3970. The van der Waals surface area contributed by atoms with Crippen LogP contribution in [0.4, 0.5) is 0 Å². The molecule has 0 aromatic heterocycles. The summed E-state index contributed by atoms with van der Waals surface area (Å²) in [5, 5.41) is 0.878. The quantitative estimate of drug-likeness (QED) is 0.0984. The molecule has 0 unspecified atom stereocenters. The van der Waals surface area contributed by atoms with E-state index < -0.39 is 43.0 Å². The van der Waals surface area contributed by atoms with Gasteiger partial charge in [-0.15, -0.1) is 0 Å². The molecule has 12 rings (SSSR count). The molecule has 4 atom stereocenters. The van der Waals surface area contributed by atoms with Crippen LogP contribution < -0.4 is 0 Å². The zero-order chi connectivity index (χ0) is 55.2. The summed E-state index contributed by atoms with van der Waals surface area (Å²) in [6.07, 6.45) is -1.43. The van der Waals surface area contributed by atoms with E-state index in [-0.39, 0.29) is 78.0 Å². The molecule has 0 saturated carbocycles. The summed E-state index contributed by atoms with van der Waals surface area (Å²) >= 11 is 13.7. The van der Waals surface area contributed by atoms with Gasteiger partial charge in [-0.25, -0.2) is 26.8 Å². The van der Waals surface area contributed by atoms with Crippen LogP contribution in [-0.4, -0.2) is 85.9 Å². The molecule has 0 radical (unpaired) electrons. The normalized spacial score (nSPS) is 20.5. The number of aliphatic imine (C=N–C) groups is 2. The Morgan fingerprint density at radius 2 is 0.925 bits per heavy atom. The van der Waals surface area contributed by atoms with Gasteiger partial charge in [0.1, 0.15) is 0 Å². The second-order valence-electron chi connectivity index (χ2n) is 20.5. The minimum Gasteiger partial charge on any atom is -0.466 e. The Morgan fingerprint density at radius 1 is 0.475 bits per heavy atom. The standard InChI is InChI=1S/C64H52Cl2N4O8S2/c65-51-31-28-49-41-69(61(71)63(39-43-14-5-1-6-15-43)57(54(49)38-51)77-59(67-63)47-18-9-3-10-19-47)34-37-80(75,76)53-32-29-46(30-33-53)45-24-26-48(27-25-45)60-68-64(40-44-16-7-2-8-17-44)58(78-60)56-50(20-13-23-55(56)66)42-70(62(64)72)35-36-79(73,74)52-21-11-4-12-22-52/h1-33,38,57-58H,34-37,39-42H2/t57-,58-,63-,64-/m0/s1. The van der Waals surface area contributed by atoms with Gasteiger partial charge in [-0.2, -0.15) is 0 Å². The van der Waals surface area contributed by atoms with Gasteiger partial charge in [0.25, 0.3) is 11.8 Å². The highest BCUT2D eigenvalue weighted by atomic mass is 35.5. The zero-order valence-corrected chi connectivity index (χ0v) is 46.2. The van der Waals surface area contributed by atoms with E-state index in [1.165, 1.54) is 0 Å². The number of ether oxygens (including phenoxy) is 2. The molecule has 2 amide bonds. The Labute approximate surface area is 474 Å². The van der Waals surface area contributed by atoms with E-state index in [9.17, 15) is 16.8 Å². The van der Waals surface area contributed by atoms with Gasteiger partial charge in [0.15, 0.2) is 43.0 Å². The van der Waals surface area contributed by atoms with Crippen molar-refractivity contribution in [2.24, 2.45) is 9.98 Å². The molecule has 8 aromatic carbocycles. The van der Waals surface area contributed by atoms with Gasteiger partial charge in [-0.05, 0) is 100 Å². The first kappa shape index (κ1) is 52.8. The molecule has 402 valence electrons. The first-order valence-corrected chi connectivity index (χ1v) is 30.3. The molecule has 12 nitrogen and oxygen atoms in total. The maximum absolute atomic E-state index is 15.3. The molecule has 0 N–H and O–H groups in total. The van der Waals surface area contributed by atoms with Gasteiger partial charge in [0.05, 0.1) is 21.3 Å².